The molecule has 0 aliphatic carbocycles. The highest BCUT2D eigenvalue weighted by Crippen LogP contribution is 2.20. The average molecular weight is 280 g/mol. The number of hydrogen-bond donors (Lipinski definition) is 1. The Bertz CT molecular complexity index is 527. The molecule has 0 bridgehead atoms. The van der Waals surface area contributed by atoms with E-state index in [2.05, 4.69) is 17.2 Å². The number of halogens is 1. The van der Waals surface area contributed by atoms with Crippen LogP contribution in [0.2, 0.25) is 5.02 Å². The molecule has 0 unspecified atom stereocenters. The molecule has 2 rings (SSSR count). The summed E-state index contributed by atoms with van der Waals surface area (Å²) in [6, 6.07) is 8.39. The number of nitrogens with one attached hydrogen (secondary N) is 1. The van der Waals surface area contributed by atoms with Crippen LogP contribution in [0, 0.1) is 0 Å². The van der Waals surface area contributed by atoms with E-state index < -0.39 is 0 Å². The van der Waals surface area contributed by atoms with Crippen molar-refractivity contribution in [2.45, 2.75) is 20.0 Å². The van der Waals surface area contributed by atoms with Crippen LogP contribution in [0.1, 0.15) is 18.2 Å². The molecule has 0 atom stereocenters. The molecule has 0 radical (unpaired) electrons. The van der Waals surface area contributed by atoms with Gasteiger partial charge in [0, 0.05) is 25.2 Å². The molecule has 0 aliphatic heterocycles. The molecule has 0 spiro atoms. The molecule has 1 aromatic heterocycles. The molecule has 2 aromatic rings. The molecule has 1 N–H and O–H groups in total. The minimum absolute atomic E-state index is 0.604. The van der Waals surface area contributed by atoms with Crippen LogP contribution in [0.4, 0.5) is 6.01 Å². The Labute approximate surface area is 118 Å². The number of oxazole rings is 1. The van der Waals surface area contributed by atoms with Crippen molar-refractivity contribution in [1.29, 1.82) is 0 Å². The van der Waals surface area contributed by atoms with E-state index in [0.717, 1.165) is 29.4 Å². The average Bonchev–Trinajstić information content (AvgIpc) is 2.88. The van der Waals surface area contributed by atoms with Gasteiger partial charge in [-0.05, 0) is 18.2 Å². The van der Waals surface area contributed by atoms with Gasteiger partial charge in [0.05, 0.1) is 5.69 Å². The van der Waals surface area contributed by atoms with Gasteiger partial charge in [0.15, 0.2) is 0 Å². The molecule has 5 heteroatoms. The third-order valence-corrected chi connectivity index (χ3v) is 3.16. The predicted molar refractivity (Wildman–Crippen MR) is 77.4 cm³/mol. The standard InChI is InChI=1S/C14H18ClN3O/c1-3-16-8-12-10-19-14(17-12)18(2)9-11-6-4-5-7-13(11)15/h4-7,10,16H,3,8-9H2,1-2H3. The summed E-state index contributed by atoms with van der Waals surface area (Å²) in [7, 11) is 1.94. The Morgan fingerprint density at radius 3 is 2.89 bits per heavy atom. The van der Waals surface area contributed by atoms with Gasteiger partial charge in [-0.25, -0.2) is 0 Å². The van der Waals surface area contributed by atoms with Gasteiger partial charge in [0.2, 0.25) is 0 Å². The van der Waals surface area contributed by atoms with E-state index in [9.17, 15) is 0 Å². The molecule has 102 valence electrons. The lowest BCUT2D eigenvalue weighted by Gasteiger charge is -2.15. The maximum absolute atomic E-state index is 6.14. The van der Waals surface area contributed by atoms with Crippen molar-refractivity contribution in [2.75, 3.05) is 18.5 Å². The van der Waals surface area contributed by atoms with Crippen LogP contribution >= 0.6 is 11.6 Å². The zero-order valence-corrected chi connectivity index (χ0v) is 11.9. The van der Waals surface area contributed by atoms with E-state index in [-0.39, 0.29) is 0 Å². The maximum atomic E-state index is 6.14. The molecule has 19 heavy (non-hydrogen) atoms. The number of benzene rings is 1. The van der Waals surface area contributed by atoms with Gasteiger partial charge in [-0.3, -0.25) is 0 Å². The Kier molecular flexibility index (Phi) is 4.82. The fraction of sp³-hybridized carbons (Fsp3) is 0.357. The van der Waals surface area contributed by atoms with Crippen molar-refractivity contribution in [3.05, 3.63) is 46.8 Å². The van der Waals surface area contributed by atoms with Crippen LogP contribution in [0.5, 0.6) is 0 Å². The second-order valence-corrected chi connectivity index (χ2v) is 4.76. The number of nitrogens with zero attached hydrogens (tertiary/aromatic N) is 2. The molecule has 0 amide bonds. The normalized spacial score (nSPS) is 10.7. The summed E-state index contributed by atoms with van der Waals surface area (Å²) in [6.45, 7) is 4.36. The smallest absolute Gasteiger partial charge is 0.297 e. The van der Waals surface area contributed by atoms with Gasteiger partial charge < -0.3 is 14.6 Å². The zero-order valence-electron chi connectivity index (χ0n) is 11.2. The molecular weight excluding hydrogens is 262 g/mol. The number of aromatic nitrogens is 1. The highest BCUT2D eigenvalue weighted by atomic mass is 35.5. The van der Waals surface area contributed by atoms with E-state index in [0.29, 0.717) is 12.6 Å². The van der Waals surface area contributed by atoms with E-state index >= 15 is 0 Å². The molecule has 4 nitrogen and oxygen atoms in total. The summed E-state index contributed by atoms with van der Waals surface area (Å²) < 4.78 is 5.47. The first-order chi connectivity index (χ1) is 9.20. The number of hydrogen-bond acceptors (Lipinski definition) is 4. The van der Waals surface area contributed by atoms with Gasteiger partial charge in [0.1, 0.15) is 6.26 Å². The highest BCUT2D eigenvalue weighted by Gasteiger charge is 2.10. The van der Waals surface area contributed by atoms with Crippen LogP contribution in [0.25, 0.3) is 0 Å². The summed E-state index contributed by atoms with van der Waals surface area (Å²) in [5.41, 5.74) is 1.96. The van der Waals surface area contributed by atoms with Crippen LogP contribution in [-0.2, 0) is 13.1 Å². The van der Waals surface area contributed by atoms with Gasteiger partial charge in [0.25, 0.3) is 6.01 Å². The van der Waals surface area contributed by atoms with Gasteiger partial charge in [-0.15, -0.1) is 0 Å². The summed E-state index contributed by atoms with van der Waals surface area (Å²) in [4.78, 5) is 6.37. The van der Waals surface area contributed by atoms with Gasteiger partial charge in [-0.2, -0.15) is 4.98 Å². The SMILES string of the molecule is CCNCc1coc(N(C)Cc2ccccc2Cl)n1. The molecule has 0 fully saturated rings. The Hall–Kier alpha value is -1.52. The van der Waals surface area contributed by atoms with Crippen molar-refractivity contribution >= 4 is 17.6 Å². The molecule has 0 saturated carbocycles. The molecule has 1 aromatic carbocycles. The minimum atomic E-state index is 0.604. The quantitative estimate of drug-likeness (QED) is 0.882. The van der Waals surface area contributed by atoms with Crippen molar-refractivity contribution in [2.24, 2.45) is 0 Å². The third-order valence-electron chi connectivity index (χ3n) is 2.79. The van der Waals surface area contributed by atoms with Crippen LogP contribution < -0.4 is 10.2 Å². The van der Waals surface area contributed by atoms with Crippen LogP contribution in [0.3, 0.4) is 0 Å². The van der Waals surface area contributed by atoms with Crippen molar-refractivity contribution in [3.63, 3.8) is 0 Å². The minimum Gasteiger partial charge on any atom is -0.432 e. The zero-order chi connectivity index (χ0) is 13.7. The fourth-order valence-corrected chi connectivity index (χ4v) is 1.95. The summed E-state index contributed by atoms with van der Waals surface area (Å²) in [6.07, 6.45) is 1.68. The Morgan fingerprint density at radius 2 is 2.16 bits per heavy atom. The summed E-state index contributed by atoms with van der Waals surface area (Å²) in [5, 5.41) is 3.97. The molecular formula is C14H18ClN3O. The first kappa shape index (κ1) is 13.9. The van der Waals surface area contributed by atoms with Crippen molar-refractivity contribution in [3.8, 4) is 0 Å². The third kappa shape index (κ3) is 3.72. The second-order valence-electron chi connectivity index (χ2n) is 4.35. The lowest BCUT2D eigenvalue weighted by Crippen LogP contribution is -2.17. The molecule has 0 saturated heterocycles. The Morgan fingerprint density at radius 1 is 1.37 bits per heavy atom. The highest BCUT2D eigenvalue weighted by molar-refractivity contribution is 6.31. The second kappa shape index (κ2) is 6.59. The van der Waals surface area contributed by atoms with Crippen LogP contribution in [0.15, 0.2) is 34.9 Å². The predicted octanol–water partition coefficient (Wildman–Crippen LogP) is 3.07. The first-order valence-corrected chi connectivity index (χ1v) is 6.68. The largest absolute Gasteiger partial charge is 0.432 e. The topological polar surface area (TPSA) is 41.3 Å². The fourth-order valence-electron chi connectivity index (χ4n) is 1.76. The van der Waals surface area contributed by atoms with Gasteiger partial charge >= 0.3 is 0 Å². The van der Waals surface area contributed by atoms with E-state index in [1.165, 1.54) is 0 Å². The van der Waals surface area contributed by atoms with E-state index in [1.54, 1.807) is 6.26 Å². The van der Waals surface area contributed by atoms with E-state index in [1.807, 2.05) is 36.2 Å². The molecule has 1 heterocycles. The van der Waals surface area contributed by atoms with Crippen molar-refractivity contribution in [1.82, 2.24) is 10.3 Å². The lowest BCUT2D eigenvalue weighted by molar-refractivity contribution is 0.543. The lowest BCUT2D eigenvalue weighted by atomic mass is 10.2. The molecule has 0 aliphatic rings. The van der Waals surface area contributed by atoms with Crippen LogP contribution in [-0.4, -0.2) is 18.6 Å². The Balaban J connectivity index is 2.01. The summed E-state index contributed by atoms with van der Waals surface area (Å²) >= 11 is 6.14. The van der Waals surface area contributed by atoms with Gasteiger partial charge in [-0.1, -0.05) is 36.7 Å². The van der Waals surface area contributed by atoms with E-state index in [4.69, 9.17) is 16.0 Å². The maximum Gasteiger partial charge on any atom is 0.297 e. The first-order valence-electron chi connectivity index (χ1n) is 6.30. The summed E-state index contributed by atoms with van der Waals surface area (Å²) in [5.74, 6) is 0. The number of rotatable bonds is 6. The monoisotopic (exact) mass is 279 g/mol. The number of anilines is 1. The van der Waals surface area contributed by atoms with Crippen molar-refractivity contribution < 1.29 is 4.42 Å².